The molecule has 0 radical (unpaired) electrons. The van der Waals surface area contributed by atoms with Crippen molar-refractivity contribution in [3.63, 3.8) is 0 Å². The van der Waals surface area contributed by atoms with Crippen LogP contribution in [0.1, 0.15) is 17.5 Å². The number of aromatic hydroxyl groups is 1. The van der Waals surface area contributed by atoms with Crippen LogP contribution in [0, 0.1) is 17.8 Å². The first kappa shape index (κ1) is 24.6. The fourth-order valence-electron chi connectivity index (χ4n) is 5.88. The largest absolute Gasteiger partial charge is 0.507 e. The zero-order valence-electron chi connectivity index (χ0n) is 19.3. The molecule has 1 aromatic carbocycles. The number of ketones is 2. The molecule has 0 bridgehead atoms. The maximum absolute atomic E-state index is 13.7. The van der Waals surface area contributed by atoms with Crippen molar-refractivity contribution < 1.29 is 44.3 Å². The molecular formula is C23H27N3O9. The highest BCUT2D eigenvalue weighted by Crippen LogP contribution is 2.52. The molecule has 1 aromatic rings. The minimum atomic E-state index is -2.72. The number of primary amides is 1. The van der Waals surface area contributed by atoms with E-state index < -0.39 is 64.8 Å². The van der Waals surface area contributed by atoms with Crippen LogP contribution in [0.15, 0.2) is 17.7 Å². The van der Waals surface area contributed by atoms with E-state index in [-0.39, 0.29) is 35.4 Å². The average Bonchev–Trinajstić information content (AvgIpc) is 2.77. The van der Waals surface area contributed by atoms with Gasteiger partial charge in [0.1, 0.15) is 17.4 Å². The fraction of sp³-hybridized carbons (Fsp3) is 0.478. The summed E-state index contributed by atoms with van der Waals surface area (Å²) < 4.78 is 4.62. The van der Waals surface area contributed by atoms with E-state index in [0.717, 1.165) is 0 Å². The molecule has 0 aromatic heterocycles. The van der Waals surface area contributed by atoms with Crippen molar-refractivity contribution in [1.29, 1.82) is 0 Å². The first-order valence-corrected chi connectivity index (χ1v) is 10.9. The molecule has 2 amide bonds. The number of phenolic OH excluding ortho intramolecular Hbond substituents is 1. The molecule has 3 aliphatic carbocycles. The maximum atomic E-state index is 13.7. The van der Waals surface area contributed by atoms with Crippen molar-refractivity contribution >= 4 is 35.0 Å². The number of carbonyl (C=O) groups excluding carboxylic acids is 4. The van der Waals surface area contributed by atoms with Crippen LogP contribution in [0.5, 0.6) is 5.75 Å². The molecular weight excluding hydrogens is 462 g/mol. The number of ether oxygens (including phenoxy) is 1. The van der Waals surface area contributed by atoms with Crippen molar-refractivity contribution in [1.82, 2.24) is 4.90 Å². The second kappa shape index (κ2) is 8.33. The number of likely N-dealkylation sites (N-methyl/N-ethyl adjacent to an activating group) is 1. The third-order valence-corrected chi connectivity index (χ3v) is 7.39. The van der Waals surface area contributed by atoms with Gasteiger partial charge >= 0.3 is 6.09 Å². The number of aliphatic hydroxyl groups is 3. The number of amides is 2. The molecule has 6 atom stereocenters. The molecule has 188 valence electrons. The van der Waals surface area contributed by atoms with Crippen LogP contribution < -0.4 is 11.1 Å². The van der Waals surface area contributed by atoms with Crippen LogP contribution in [0.2, 0.25) is 0 Å². The number of methoxy groups -OCH3 is 1. The molecule has 4 rings (SSSR count). The fourth-order valence-corrected chi connectivity index (χ4v) is 5.88. The van der Waals surface area contributed by atoms with Gasteiger partial charge in [-0.15, -0.1) is 0 Å². The molecule has 0 saturated heterocycles. The number of anilines is 1. The Morgan fingerprint density at radius 2 is 1.89 bits per heavy atom. The van der Waals surface area contributed by atoms with E-state index in [4.69, 9.17) is 5.73 Å². The highest BCUT2D eigenvalue weighted by molar-refractivity contribution is 6.25. The van der Waals surface area contributed by atoms with Crippen LogP contribution in [-0.2, 0) is 25.5 Å². The number of fused-ring (bicyclic) bond motifs is 3. The number of rotatable bonds is 3. The predicted molar refractivity (Wildman–Crippen MR) is 120 cm³/mol. The molecule has 3 aliphatic rings. The van der Waals surface area contributed by atoms with Gasteiger partial charge in [-0.05, 0) is 50.6 Å². The summed E-state index contributed by atoms with van der Waals surface area (Å²) in [6.07, 6.45) is -2.31. The van der Waals surface area contributed by atoms with E-state index in [1.807, 2.05) is 0 Å². The van der Waals surface area contributed by atoms with E-state index in [2.05, 4.69) is 10.1 Å². The molecule has 7 N–H and O–H groups in total. The monoisotopic (exact) mass is 489 g/mol. The molecule has 0 heterocycles. The first-order valence-electron chi connectivity index (χ1n) is 10.9. The lowest BCUT2D eigenvalue weighted by molar-refractivity contribution is -0.184. The van der Waals surface area contributed by atoms with Crippen LogP contribution in [0.3, 0.4) is 0 Å². The molecule has 0 spiro atoms. The zero-order chi connectivity index (χ0) is 26.0. The zero-order valence-corrected chi connectivity index (χ0v) is 19.3. The van der Waals surface area contributed by atoms with Crippen LogP contribution >= 0.6 is 0 Å². The quantitative estimate of drug-likeness (QED) is 0.233. The van der Waals surface area contributed by atoms with Crippen molar-refractivity contribution in [2.45, 2.75) is 30.6 Å². The van der Waals surface area contributed by atoms with Crippen LogP contribution in [0.25, 0.3) is 5.76 Å². The second-order valence-electron chi connectivity index (χ2n) is 9.39. The SMILES string of the molecule is COC(=O)Nc1ccc(O)c2c1C[C@H]1C[C@H]3[C@H](N(C)C)C(O)C(C(N)=O)C(=O)[C@@]3(O)C(=O)C1=C2O. The Morgan fingerprint density at radius 1 is 1.23 bits per heavy atom. The van der Waals surface area contributed by atoms with Crippen molar-refractivity contribution in [3.8, 4) is 5.75 Å². The number of aliphatic hydroxyl groups excluding tert-OH is 2. The number of benzene rings is 1. The number of hydrogen-bond acceptors (Lipinski definition) is 10. The van der Waals surface area contributed by atoms with Gasteiger partial charge < -0.3 is 35.8 Å². The maximum Gasteiger partial charge on any atom is 0.411 e. The Kier molecular flexibility index (Phi) is 5.86. The Labute approximate surface area is 200 Å². The molecule has 35 heavy (non-hydrogen) atoms. The summed E-state index contributed by atoms with van der Waals surface area (Å²) in [5.74, 6) is -8.22. The molecule has 2 fully saturated rings. The van der Waals surface area contributed by atoms with Crippen molar-refractivity contribution in [2.75, 3.05) is 26.5 Å². The Bertz CT molecular complexity index is 1180. The Hall–Kier alpha value is -3.48. The summed E-state index contributed by atoms with van der Waals surface area (Å²) in [5, 5.41) is 46.4. The Morgan fingerprint density at radius 3 is 2.46 bits per heavy atom. The van der Waals surface area contributed by atoms with Crippen molar-refractivity contribution in [2.24, 2.45) is 23.5 Å². The number of nitrogens with zero attached hydrogens (tertiary/aromatic N) is 1. The lowest BCUT2D eigenvalue weighted by Crippen LogP contribution is -2.73. The number of carbonyl (C=O) groups is 4. The van der Waals surface area contributed by atoms with Gasteiger partial charge in [0.05, 0.1) is 18.8 Å². The minimum Gasteiger partial charge on any atom is -0.507 e. The first-order chi connectivity index (χ1) is 16.4. The number of phenols is 1. The van der Waals surface area contributed by atoms with E-state index in [0.29, 0.717) is 5.56 Å². The van der Waals surface area contributed by atoms with Crippen molar-refractivity contribution in [3.05, 3.63) is 28.8 Å². The predicted octanol–water partition coefficient (Wildman–Crippen LogP) is -0.693. The number of Topliss-reactive ketones (excluding diaryl/α,β-unsaturated/α-hetero) is 2. The van der Waals surface area contributed by atoms with Gasteiger partial charge in [0, 0.05) is 23.2 Å². The molecule has 2 unspecified atom stereocenters. The van der Waals surface area contributed by atoms with Gasteiger partial charge in [-0.3, -0.25) is 19.7 Å². The summed E-state index contributed by atoms with van der Waals surface area (Å²) in [6.45, 7) is 0. The van der Waals surface area contributed by atoms with E-state index in [1.54, 1.807) is 14.1 Å². The van der Waals surface area contributed by atoms with Gasteiger partial charge in [-0.25, -0.2) is 4.79 Å². The third-order valence-electron chi connectivity index (χ3n) is 7.39. The number of nitrogens with one attached hydrogen (secondary N) is 1. The average molecular weight is 489 g/mol. The van der Waals surface area contributed by atoms with Gasteiger partial charge in [-0.1, -0.05) is 0 Å². The molecule has 12 nitrogen and oxygen atoms in total. The van der Waals surface area contributed by atoms with Gasteiger partial charge in [-0.2, -0.15) is 0 Å². The lowest BCUT2D eigenvalue weighted by Gasteiger charge is -2.53. The second-order valence-corrected chi connectivity index (χ2v) is 9.39. The van der Waals surface area contributed by atoms with E-state index in [1.165, 1.54) is 24.1 Å². The van der Waals surface area contributed by atoms with Gasteiger partial charge in [0.25, 0.3) is 0 Å². The number of nitrogens with two attached hydrogens (primary N) is 1. The summed E-state index contributed by atoms with van der Waals surface area (Å²) in [4.78, 5) is 52.3. The summed E-state index contributed by atoms with van der Waals surface area (Å²) in [5.41, 5.74) is 2.80. The third kappa shape index (κ3) is 3.39. The van der Waals surface area contributed by atoms with E-state index in [9.17, 15) is 39.6 Å². The highest BCUT2D eigenvalue weighted by Gasteiger charge is 2.67. The molecule has 0 aliphatic heterocycles. The highest BCUT2D eigenvalue weighted by atomic mass is 16.5. The minimum absolute atomic E-state index is 0.0223. The normalized spacial score (nSPS) is 32.0. The number of hydrogen-bond donors (Lipinski definition) is 6. The van der Waals surface area contributed by atoms with E-state index >= 15 is 0 Å². The Balaban J connectivity index is 1.90. The van der Waals surface area contributed by atoms with Gasteiger partial charge in [0.15, 0.2) is 11.4 Å². The molecule has 12 heteroatoms. The summed E-state index contributed by atoms with van der Waals surface area (Å²) >= 11 is 0. The summed E-state index contributed by atoms with van der Waals surface area (Å²) in [6, 6.07) is 1.64. The smallest absolute Gasteiger partial charge is 0.411 e. The summed E-state index contributed by atoms with van der Waals surface area (Å²) in [7, 11) is 4.31. The van der Waals surface area contributed by atoms with Crippen LogP contribution in [0.4, 0.5) is 10.5 Å². The topological polar surface area (TPSA) is 200 Å². The van der Waals surface area contributed by atoms with Crippen LogP contribution in [-0.4, -0.2) is 87.8 Å². The van der Waals surface area contributed by atoms with Gasteiger partial charge in [0.2, 0.25) is 11.7 Å². The standard InChI is InChI=1S/C23H27N3O9/c1-26(2)16-10-7-8-6-9-11(25-22(33)35-3)4-5-12(27)14(9)17(28)13(8)19(30)23(10,34)20(31)15(18(16)29)21(24)32/h4-5,8,10,15-16,18,27-29,34H,6-7H2,1-3H3,(H2,24,32)(H,25,33)/t8-,10-,15?,16-,18?,23-/m0/s1. The lowest BCUT2D eigenvalue weighted by atomic mass is 9.54. The molecule has 2 saturated carbocycles.